The number of anilines is 1. The maximum Gasteiger partial charge on any atom is 0.232 e. The molecule has 1 aliphatic rings. The highest BCUT2D eigenvalue weighted by Crippen LogP contribution is 2.35. The number of hydrogen-bond donors (Lipinski definition) is 0. The molecule has 0 N–H and O–H groups in total. The van der Waals surface area contributed by atoms with E-state index >= 15 is 0 Å². The van der Waals surface area contributed by atoms with E-state index in [-0.39, 0.29) is 17.6 Å². The Morgan fingerprint density at radius 2 is 2.07 bits per heavy atom. The largest absolute Gasteiger partial charge is 0.305 e. The Morgan fingerprint density at radius 3 is 2.77 bits per heavy atom. The second-order valence-corrected chi connectivity index (χ2v) is 10.1. The van der Waals surface area contributed by atoms with Crippen molar-refractivity contribution in [1.29, 1.82) is 0 Å². The van der Waals surface area contributed by atoms with E-state index in [1.54, 1.807) is 30.6 Å². The quantitative estimate of drug-likeness (QED) is 0.426. The Morgan fingerprint density at radius 1 is 1.27 bits per heavy atom. The second kappa shape index (κ2) is 7.84. The monoisotopic (exact) mass is 443 g/mol. The van der Waals surface area contributed by atoms with E-state index in [1.807, 2.05) is 30.7 Å². The summed E-state index contributed by atoms with van der Waals surface area (Å²) < 4.78 is 27.4. The Hall–Kier alpha value is -2.72. The summed E-state index contributed by atoms with van der Waals surface area (Å²) in [4.78, 5) is 16.8. The molecule has 0 amide bonds. The highest BCUT2D eigenvalue weighted by Gasteiger charge is 2.32. The lowest BCUT2D eigenvalue weighted by Gasteiger charge is -2.21. The van der Waals surface area contributed by atoms with Crippen molar-refractivity contribution in [2.75, 3.05) is 16.3 Å². The molecule has 0 spiro atoms. The molecule has 0 saturated heterocycles. The molecule has 30 heavy (non-hydrogen) atoms. The number of aromatic nitrogens is 4. The second-order valence-electron chi connectivity index (χ2n) is 7.27. The predicted octanol–water partition coefficient (Wildman–Crippen LogP) is 2.56. The van der Waals surface area contributed by atoms with E-state index < -0.39 is 10.0 Å². The summed E-state index contributed by atoms with van der Waals surface area (Å²) in [5, 5.41) is 9.03. The minimum absolute atomic E-state index is 0.0424. The van der Waals surface area contributed by atoms with Gasteiger partial charge in [0.1, 0.15) is 0 Å². The number of ketones is 1. The van der Waals surface area contributed by atoms with Crippen LogP contribution < -0.4 is 4.31 Å². The number of carbonyl (C=O) groups is 1. The molecule has 10 heteroatoms. The average Bonchev–Trinajstić information content (AvgIpc) is 3.24. The minimum atomic E-state index is -3.35. The van der Waals surface area contributed by atoms with Crippen LogP contribution in [0.4, 0.5) is 5.69 Å². The van der Waals surface area contributed by atoms with Crippen LogP contribution >= 0.6 is 11.8 Å². The number of thioether (sulfide) groups is 1. The fourth-order valence-electron chi connectivity index (χ4n) is 3.68. The van der Waals surface area contributed by atoms with Gasteiger partial charge in [0.15, 0.2) is 16.8 Å². The van der Waals surface area contributed by atoms with E-state index in [1.165, 1.54) is 22.3 Å². The van der Waals surface area contributed by atoms with Crippen molar-refractivity contribution >= 4 is 33.3 Å². The van der Waals surface area contributed by atoms with Crippen LogP contribution in [-0.4, -0.2) is 52.0 Å². The van der Waals surface area contributed by atoms with Gasteiger partial charge >= 0.3 is 0 Å². The lowest BCUT2D eigenvalue weighted by Crippen LogP contribution is -2.34. The van der Waals surface area contributed by atoms with Crippen molar-refractivity contribution < 1.29 is 13.2 Å². The molecule has 156 valence electrons. The first-order chi connectivity index (χ1) is 14.3. The van der Waals surface area contributed by atoms with Gasteiger partial charge in [-0.3, -0.25) is 14.1 Å². The van der Waals surface area contributed by atoms with E-state index in [9.17, 15) is 13.2 Å². The summed E-state index contributed by atoms with van der Waals surface area (Å²) in [7, 11) is -1.50. The van der Waals surface area contributed by atoms with Crippen LogP contribution in [0.1, 0.15) is 22.8 Å². The summed E-state index contributed by atoms with van der Waals surface area (Å²) in [6.07, 6.45) is 5.21. The van der Waals surface area contributed by atoms with Gasteiger partial charge in [-0.15, -0.1) is 10.2 Å². The van der Waals surface area contributed by atoms with E-state index in [4.69, 9.17) is 0 Å². The molecule has 0 bridgehead atoms. The maximum atomic E-state index is 12.7. The number of pyridine rings is 1. The van der Waals surface area contributed by atoms with Gasteiger partial charge in [0.25, 0.3) is 0 Å². The highest BCUT2D eigenvalue weighted by atomic mass is 32.2. The molecule has 1 aliphatic heterocycles. The third-order valence-corrected chi connectivity index (χ3v) is 7.29. The van der Waals surface area contributed by atoms with Crippen LogP contribution in [0.5, 0.6) is 0 Å². The molecule has 1 aromatic carbocycles. The van der Waals surface area contributed by atoms with Gasteiger partial charge in [-0.2, -0.15) is 0 Å². The number of rotatable bonds is 6. The zero-order valence-corrected chi connectivity index (χ0v) is 18.4. The first-order valence-electron chi connectivity index (χ1n) is 9.34. The lowest BCUT2D eigenvalue weighted by molar-refractivity contribution is 0.102. The summed E-state index contributed by atoms with van der Waals surface area (Å²) in [6.45, 7) is 1.87. The lowest BCUT2D eigenvalue weighted by atomic mass is 10.0. The molecule has 0 unspecified atom stereocenters. The molecule has 3 aromatic rings. The summed E-state index contributed by atoms with van der Waals surface area (Å²) in [5.41, 5.74) is 2.96. The number of benzene rings is 1. The molecule has 1 atom stereocenters. The molecule has 0 saturated carbocycles. The van der Waals surface area contributed by atoms with Gasteiger partial charge in [-0.25, -0.2) is 8.42 Å². The van der Waals surface area contributed by atoms with Gasteiger partial charge < -0.3 is 4.57 Å². The molecule has 2 aromatic heterocycles. The summed E-state index contributed by atoms with van der Waals surface area (Å²) in [6, 6.07) is 8.80. The average molecular weight is 444 g/mol. The predicted molar refractivity (Wildman–Crippen MR) is 116 cm³/mol. The number of Topliss-reactive ketones (excluding diaryl/α,β-unsaturated/α-hetero) is 1. The van der Waals surface area contributed by atoms with Crippen LogP contribution in [0.3, 0.4) is 0 Å². The smallest absolute Gasteiger partial charge is 0.232 e. The van der Waals surface area contributed by atoms with Gasteiger partial charge in [0.05, 0.1) is 17.7 Å². The van der Waals surface area contributed by atoms with Crippen molar-refractivity contribution in [2.24, 2.45) is 7.05 Å². The molecule has 4 rings (SSSR count). The molecule has 3 heterocycles. The van der Waals surface area contributed by atoms with Crippen LogP contribution in [0, 0.1) is 0 Å². The van der Waals surface area contributed by atoms with Crippen molar-refractivity contribution in [2.45, 2.75) is 24.5 Å². The number of hydrogen-bond acceptors (Lipinski definition) is 7. The fraction of sp³-hybridized carbons (Fsp3) is 0.300. The van der Waals surface area contributed by atoms with Crippen molar-refractivity contribution in [3.05, 3.63) is 53.9 Å². The maximum absolute atomic E-state index is 12.7. The molecule has 0 aliphatic carbocycles. The Kier molecular flexibility index (Phi) is 5.37. The minimum Gasteiger partial charge on any atom is -0.305 e. The van der Waals surface area contributed by atoms with Gasteiger partial charge in [-0.1, -0.05) is 11.8 Å². The topological polar surface area (TPSA) is 98.1 Å². The van der Waals surface area contributed by atoms with Crippen LogP contribution in [0.25, 0.3) is 11.4 Å². The Labute approximate surface area is 179 Å². The number of sulfonamides is 1. The van der Waals surface area contributed by atoms with Crippen LogP contribution in [0.15, 0.2) is 47.9 Å². The molecule has 0 fully saturated rings. The zero-order valence-electron chi connectivity index (χ0n) is 16.8. The summed E-state index contributed by atoms with van der Waals surface area (Å²) >= 11 is 1.32. The normalized spacial score (nSPS) is 16.0. The van der Waals surface area contributed by atoms with Gasteiger partial charge in [0, 0.05) is 36.6 Å². The third-order valence-electron chi connectivity index (χ3n) is 5.00. The SMILES string of the molecule is C[C@@H]1Cc2cc(C(=O)CSc3nnc(-c4cccnc4)n3C)ccc2N1S(C)(=O)=O. The number of nitrogens with zero attached hydrogens (tertiary/aromatic N) is 5. The Bertz CT molecular complexity index is 1210. The fourth-order valence-corrected chi connectivity index (χ4v) is 5.75. The molecule has 8 nitrogen and oxygen atoms in total. The molecular weight excluding hydrogens is 422 g/mol. The Balaban J connectivity index is 1.49. The molecule has 0 radical (unpaired) electrons. The highest BCUT2D eigenvalue weighted by molar-refractivity contribution is 7.99. The number of carbonyl (C=O) groups excluding carboxylic acids is 1. The van der Waals surface area contributed by atoms with Gasteiger partial charge in [0.2, 0.25) is 10.0 Å². The van der Waals surface area contributed by atoms with E-state index in [0.29, 0.717) is 28.7 Å². The zero-order chi connectivity index (χ0) is 21.5. The first kappa shape index (κ1) is 20.5. The van der Waals surface area contributed by atoms with Gasteiger partial charge in [-0.05, 0) is 49.2 Å². The van der Waals surface area contributed by atoms with Crippen molar-refractivity contribution in [3.63, 3.8) is 0 Å². The van der Waals surface area contributed by atoms with E-state index in [2.05, 4.69) is 15.2 Å². The van der Waals surface area contributed by atoms with Crippen LogP contribution in [0.2, 0.25) is 0 Å². The van der Waals surface area contributed by atoms with Crippen molar-refractivity contribution in [3.8, 4) is 11.4 Å². The van der Waals surface area contributed by atoms with Crippen LogP contribution in [-0.2, 0) is 23.5 Å². The molecular formula is C20H21N5O3S2. The summed E-state index contributed by atoms with van der Waals surface area (Å²) in [5.74, 6) is 0.855. The van der Waals surface area contributed by atoms with Crippen molar-refractivity contribution in [1.82, 2.24) is 19.7 Å². The first-order valence-corrected chi connectivity index (χ1v) is 12.2. The van der Waals surface area contributed by atoms with E-state index in [0.717, 1.165) is 11.1 Å². The standard InChI is InChI=1S/C20H21N5O3S2/c1-13-9-16-10-14(6-7-17(16)25(13)30(3,27)28)18(26)12-29-20-23-22-19(24(20)2)15-5-4-8-21-11-15/h4-8,10-11,13H,9,12H2,1-3H3/t13-/m1/s1. The number of fused-ring (bicyclic) bond motifs is 1. The third kappa shape index (κ3) is 3.84.